The van der Waals surface area contributed by atoms with E-state index < -0.39 is 53.7 Å². The van der Waals surface area contributed by atoms with E-state index in [2.05, 4.69) is 20.9 Å². The minimum absolute atomic E-state index is 0.00567. The zero-order valence-electron chi connectivity index (χ0n) is 20.8. The van der Waals surface area contributed by atoms with Gasteiger partial charge in [-0.3, -0.25) is 14.6 Å². The van der Waals surface area contributed by atoms with Gasteiger partial charge in [-0.1, -0.05) is 13.8 Å². The molecule has 0 aliphatic rings. The van der Waals surface area contributed by atoms with Gasteiger partial charge < -0.3 is 42.4 Å². The van der Waals surface area contributed by atoms with Crippen LogP contribution in [0.4, 0.5) is 4.79 Å². The molecule has 0 aliphatic heterocycles. The summed E-state index contributed by atoms with van der Waals surface area (Å²) < 4.78 is 5.19. The summed E-state index contributed by atoms with van der Waals surface area (Å²) in [5.41, 5.74) is 9.67. The van der Waals surface area contributed by atoms with Crippen LogP contribution in [0, 0.1) is 5.92 Å². The summed E-state index contributed by atoms with van der Waals surface area (Å²) in [5.74, 6) is -3.04. The molecule has 9 N–H and O–H groups in total. The first-order valence-electron chi connectivity index (χ1n) is 11.1. The van der Waals surface area contributed by atoms with Gasteiger partial charge in [-0.25, -0.2) is 9.59 Å². The third-order valence-electron chi connectivity index (χ3n) is 4.34. The molecule has 34 heavy (non-hydrogen) atoms. The van der Waals surface area contributed by atoms with Crippen molar-refractivity contribution in [1.82, 2.24) is 16.0 Å². The number of carbonyl (C=O) groups excluding carboxylic acids is 3. The number of nitrogens with one attached hydrogen (secondary N) is 3. The van der Waals surface area contributed by atoms with Crippen LogP contribution in [0.25, 0.3) is 0 Å². The van der Waals surface area contributed by atoms with Gasteiger partial charge in [-0.05, 0) is 52.9 Å². The van der Waals surface area contributed by atoms with E-state index in [1.165, 1.54) is 6.92 Å². The molecule has 0 radical (unpaired) electrons. The summed E-state index contributed by atoms with van der Waals surface area (Å²) in [7, 11) is 0. The van der Waals surface area contributed by atoms with Crippen molar-refractivity contribution in [2.45, 2.75) is 90.6 Å². The highest BCUT2D eigenvalue weighted by atomic mass is 16.6. The van der Waals surface area contributed by atoms with Gasteiger partial charge in [0.05, 0.1) is 6.10 Å². The molecular weight excluding hydrogens is 448 g/mol. The lowest BCUT2D eigenvalue weighted by Gasteiger charge is -2.27. The summed E-state index contributed by atoms with van der Waals surface area (Å²) in [6, 6.07) is -3.79. The van der Waals surface area contributed by atoms with Crippen LogP contribution >= 0.6 is 0 Å². The Bertz CT molecular complexity index is 730. The highest BCUT2D eigenvalue weighted by Crippen LogP contribution is 2.10. The molecule has 3 amide bonds. The number of alkyl carbamates (subject to hydrolysis) is 1. The lowest BCUT2D eigenvalue weighted by molar-refractivity contribution is -0.143. The van der Waals surface area contributed by atoms with Crippen LogP contribution in [0.1, 0.15) is 60.8 Å². The lowest BCUT2D eigenvalue weighted by atomic mass is 10.0. The Morgan fingerprint density at radius 1 is 0.971 bits per heavy atom. The maximum absolute atomic E-state index is 12.9. The third-order valence-corrected chi connectivity index (χ3v) is 4.34. The Balaban J connectivity index is 5.34. The van der Waals surface area contributed by atoms with Crippen LogP contribution in [0.15, 0.2) is 4.99 Å². The highest BCUT2D eigenvalue weighted by molar-refractivity contribution is 5.93. The second-order valence-electron chi connectivity index (χ2n) is 9.40. The Labute approximate surface area is 200 Å². The van der Waals surface area contributed by atoms with E-state index in [0.29, 0.717) is 0 Å². The monoisotopic (exact) mass is 488 g/mol. The molecule has 0 aromatic carbocycles. The van der Waals surface area contributed by atoms with Gasteiger partial charge in [0.2, 0.25) is 11.8 Å². The molecule has 0 heterocycles. The van der Waals surface area contributed by atoms with Crippen molar-refractivity contribution in [3.8, 4) is 0 Å². The van der Waals surface area contributed by atoms with Crippen molar-refractivity contribution >= 4 is 29.8 Å². The second kappa shape index (κ2) is 14.2. The van der Waals surface area contributed by atoms with Gasteiger partial charge in [0.25, 0.3) is 0 Å². The number of aliphatic hydroxyl groups excluding tert-OH is 1. The van der Waals surface area contributed by atoms with Crippen molar-refractivity contribution < 1.29 is 34.1 Å². The molecule has 0 rings (SSSR count). The molecule has 0 bridgehead atoms. The molecule has 0 unspecified atom stereocenters. The minimum atomic E-state index is -1.46. The first kappa shape index (κ1) is 30.9. The number of aliphatic imine (C=N–C) groups is 1. The summed E-state index contributed by atoms with van der Waals surface area (Å²) in [6.07, 6.45) is -1.62. The van der Waals surface area contributed by atoms with Crippen LogP contribution in [0.5, 0.6) is 0 Å². The Kier molecular flexibility index (Phi) is 12.9. The van der Waals surface area contributed by atoms with E-state index in [0.717, 1.165) is 0 Å². The van der Waals surface area contributed by atoms with Gasteiger partial charge in [-0.15, -0.1) is 0 Å². The Morgan fingerprint density at radius 2 is 1.56 bits per heavy atom. The number of nitrogens with two attached hydrogens (primary N) is 2. The van der Waals surface area contributed by atoms with E-state index in [1.807, 2.05) is 13.8 Å². The largest absolute Gasteiger partial charge is 0.480 e. The van der Waals surface area contributed by atoms with Gasteiger partial charge in [0.15, 0.2) is 5.96 Å². The fourth-order valence-corrected chi connectivity index (χ4v) is 2.83. The zero-order chi connectivity index (χ0) is 26.6. The maximum Gasteiger partial charge on any atom is 0.408 e. The van der Waals surface area contributed by atoms with E-state index in [-0.39, 0.29) is 37.7 Å². The fraction of sp³-hybridized carbons (Fsp3) is 0.762. The predicted octanol–water partition coefficient (Wildman–Crippen LogP) is -0.586. The topological polar surface area (TPSA) is 218 Å². The first-order chi connectivity index (χ1) is 15.5. The molecule has 13 heteroatoms. The number of carboxylic acids is 1. The van der Waals surface area contributed by atoms with Crippen LogP contribution in [0.2, 0.25) is 0 Å². The van der Waals surface area contributed by atoms with Gasteiger partial charge in [-0.2, -0.15) is 0 Å². The number of aliphatic carboxylic acids is 1. The molecule has 4 atom stereocenters. The predicted molar refractivity (Wildman–Crippen MR) is 126 cm³/mol. The molecule has 0 saturated heterocycles. The van der Waals surface area contributed by atoms with E-state index >= 15 is 0 Å². The number of hydrogen-bond donors (Lipinski definition) is 7. The molecule has 0 spiro atoms. The van der Waals surface area contributed by atoms with Crippen molar-refractivity contribution in [2.24, 2.45) is 22.4 Å². The normalized spacial score (nSPS) is 14.8. The molecule has 0 aromatic rings. The standard InChI is InChI=1S/C21H40N6O7/c1-11(2)10-14(26-20(33)34-21(4,5)6)16(29)27-15(12(3)28)17(30)25-13(18(31)32)8-7-9-24-19(22)23/h11-15,28H,7-10H2,1-6H3,(H,25,30)(H,26,33)(H,27,29)(H,31,32)(H4,22,23,24)/t12-,13+,14+,15+/m1/s1. The van der Waals surface area contributed by atoms with Crippen LogP contribution in [0.3, 0.4) is 0 Å². The molecule has 0 saturated carbocycles. The lowest BCUT2D eigenvalue weighted by Crippen LogP contribution is -2.59. The third kappa shape index (κ3) is 13.5. The van der Waals surface area contributed by atoms with Gasteiger partial charge in [0, 0.05) is 6.54 Å². The number of carbonyl (C=O) groups is 4. The second-order valence-corrected chi connectivity index (χ2v) is 9.40. The molecular formula is C21H40N6O7. The maximum atomic E-state index is 12.9. The number of hydrogen-bond acceptors (Lipinski definition) is 7. The number of nitrogens with zero attached hydrogens (tertiary/aromatic N) is 1. The van der Waals surface area contributed by atoms with Gasteiger partial charge in [0.1, 0.15) is 23.7 Å². The van der Waals surface area contributed by atoms with Crippen LogP contribution < -0.4 is 27.4 Å². The number of amides is 3. The van der Waals surface area contributed by atoms with Crippen molar-refractivity contribution in [3.63, 3.8) is 0 Å². The molecule has 196 valence electrons. The average Bonchev–Trinajstić information content (AvgIpc) is 2.64. The molecule has 0 aliphatic carbocycles. The molecule has 13 nitrogen and oxygen atoms in total. The van der Waals surface area contributed by atoms with Crippen molar-refractivity contribution in [1.29, 1.82) is 0 Å². The smallest absolute Gasteiger partial charge is 0.408 e. The van der Waals surface area contributed by atoms with Gasteiger partial charge >= 0.3 is 12.1 Å². The number of carboxylic acid groups (broad SMARTS) is 1. The zero-order valence-corrected chi connectivity index (χ0v) is 20.8. The summed E-state index contributed by atoms with van der Waals surface area (Å²) in [4.78, 5) is 53.0. The first-order valence-corrected chi connectivity index (χ1v) is 11.1. The summed E-state index contributed by atoms with van der Waals surface area (Å²) in [6.45, 7) is 10.2. The van der Waals surface area contributed by atoms with Crippen molar-refractivity contribution in [3.05, 3.63) is 0 Å². The summed E-state index contributed by atoms with van der Waals surface area (Å²) in [5, 5.41) is 26.7. The fourth-order valence-electron chi connectivity index (χ4n) is 2.83. The number of guanidine groups is 1. The minimum Gasteiger partial charge on any atom is -0.480 e. The highest BCUT2D eigenvalue weighted by Gasteiger charge is 2.33. The SMILES string of the molecule is CC(C)C[C@H](NC(=O)OC(C)(C)C)C(=O)N[C@H](C(=O)N[C@@H](CCCN=C(N)N)C(=O)O)[C@@H](C)O. The van der Waals surface area contributed by atoms with Crippen LogP contribution in [-0.2, 0) is 19.1 Å². The van der Waals surface area contributed by atoms with E-state index in [9.17, 15) is 29.4 Å². The Hall–Kier alpha value is -3.09. The number of ether oxygens (including phenoxy) is 1. The number of rotatable bonds is 13. The molecule has 0 fully saturated rings. The quantitative estimate of drug-likeness (QED) is 0.0999. The number of aliphatic hydroxyl groups is 1. The van der Waals surface area contributed by atoms with E-state index in [1.54, 1.807) is 20.8 Å². The molecule has 0 aromatic heterocycles. The average molecular weight is 489 g/mol. The van der Waals surface area contributed by atoms with Crippen molar-refractivity contribution in [2.75, 3.05) is 6.54 Å². The van der Waals surface area contributed by atoms with E-state index in [4.69, 9.17) is 16.2 Å². The summed E-state index contributed by atoms with van der Waals surface area (Å²) >= 11 is 0. The Morgan fingerprint density at radius 3 is 2.00 bits per heavy atom. The van der Waals surface area contributed by atoms with Crippen LogP contribution in [-0.4, -0.2) is 76.4 Å².